The monoisotopic (exact) mass is 325 g/mol. The van der Waals surface area contributed by atoms with Gasteiger partial charge in [-0.3, -0.25) is 10.1 Å². The minimum atomic E-state index is -0.378. The van der Waals surface area contributed by atoms with Crippen LogP contribution >= 0.6 is 27.5 Å². The average Bonchev–Trinajstić information content (AvgIpc) is 2.34. The maximum absolute atomic E-state index is 11.0. The van der Waals surface area contributed by atoms with Crippen molar-refractivity contribution in [3.05, 3.63) is 73.2 Å². The van der Waals surface area contributed by atoms with Crippen LogP contribution in [-0.4, -0.2) is 4.92 Å². The second-order valence-electron chi connectivity index (χ2n) is 3.80. The van der Waals surface area contributed by atoms with E-state index in [1.165, 1.54) is 6.07 Å². The van der Waals surface area contributed by atoms with Crippen LogP contribution in [0.1, 0.15) is 11.1 Å². The van der Waals surface area contributed by atoms with Gasteiger partial charge in [0.15, 0.2) is 0 Å². The molecule has 5 heteroatoms. The summed E-state index contributed by atoms with van der Waals surface area (Å²) < 4.78 is 0.692. The Kier molecular flexibility index (Phi) is 3.99. The summed E-state index contributed by atoms with van der Waals surface area (Å²) in [6.45, 7) is 0. The molecule has 92 valence electrons. The summed E-state index contributed by atoms with van der Waals surface area (Å²) in [6.07, 6.45) is 0.448. The molecule has 0 N–H and O–H groups in total. The topological polar surface area (TPSA) is 43.1 Å². The molecular weight excluding hydrogens is 318 g/mol. The first kappa shape index (κ1) is 13.1. The van der Waals surface area contributed by atoms with E-state index in [-0.39, 0.29) is 10.6 Å². The normalized spacial score (nSPS) is 10.3. The molecule has 0 aliphatic rings. The van der Waals surface area contributed by atoms with E-state index in [1.807, 2.05) is 18.2 Å². The van der Waals surface area contributed by atoms with Gasteiger partial charge >= 0.3 is 0 Å². The van der Waals surface area contributed by atoms with Crippen molar-refractivity contribution in [2.24, 2.45) is 0 Å². The van der Waals surface area contributed by atoms with Gasteiger partial charge in [0.2, 0.25) is 0 Å². The van der Waals surface area contributed by atoms with Crippen LogP contribution in [0.5, 0.6) is 0 Å². The van der Waals surface area contributed by atoms with Crippen LogP contribution in [0.4, 0.5) is 5.69 Å². The van der Waals surface area contributed by atoms with Gasteiger partial charge in [-0.05, 0) is 17.7 Å². The summed E-state index contributed by atoms with van der Waals surface area (Å²) >= 11 is 9.29. The van der Waals surface area contributed by atoms with Crippen molar-refractivity contribution in [3.8, 4) is 0 Å². The molecule has 0 saturated carbocycles. The second-order valence-corrected chi connectivity index (χ2v) is 5.12. The lowest BCUT2D eigenvalue weighted by Gasteiger charge is -2.05. The van der Waals surface area contributed by atoms with Gasteiger partial charge in [0.05, 0.1) is 4.92 Å². The minimum Gasteiger partial charge on any atom is -0.258 e. The molecule has 2 aromatic rings. The fourth-order valence-corrected chi connectivity index (χ4v) is 2.25. The zero-order chi connectivity index (χ0) is 13.1. The molecule has 3 nitrogen and oxygen atoms in total. The smallest absolute Gasteiger partial charge is 0.258 e. The van der Waals surface area contributed by atoms with E-state index in [4.69, 9.17) is 11.6 Å². The summed E-state index contributed by atoms with van der Waals surface area (Å²) in [5.41, 5.74) is 1.63. The molecule has 2 rings (SSSR count). The second kappa shape index (κ2) is 5.50. The molecule has 0 atom stereocenters. The minimum absolute atomic E-state index is 0.101. The lowest BCUT2D eigenvalue weighted by molar-refractivity contribution is -0.385. The number of nitro benzene ring substituents is 1. The van der Waals surface area contributed by atoms with Crippen LogP contribution in [0.2, 0.25) is 5.02 Å². The highest BCUT2D eigenvalue weighted by Crippen LogP contribution is 2.27. The molecule has 0 spiro atoms. The van der Waals surface area contributed by atoms with Gasteiger partial charge in [-0.1, -0.05) is 51.8 Å². The predicted octanol–water partition coefficient (Wildman–Crippen LogP) is 4.60. The maximum atomic E-state index is 11.0. The molecule has 0 bridgehead atoms. The Morgan fingerprint density at radius 1 is 1.17 bits per heavy atom. The van der Waals surface area contributed by atoms with Gasteiger partial charge in [-0.15, -0.1) is 0 Å². The molecule has 0 unspecified atom stereocenters. The van der Waals surface area contributed by atoms with Crippen molar-refractivity contribution in [2.45, 2.75) is 6.42 Å². The first-order chi connectivity index (χ1) is 8.58. The Hall–Kier alpha value is -1.39. The summed E-state index contributed by atoms with van der Waals surface area (Å²) in [5.74, 6) is 0. The lowest BCUT2D eigenvalue weighted by atomic mass is 10.0. The van der Waals surface area contributed by atoms with Gasteiger partial charge in [0, 0.05) is 27.5 Å². The van der Waals surface area contributed by atoms with Crippen LogP contribution in [0.25, 0.3) is 0 Å². The Balaban J connectivity index is 2.41. The van der Waals surface area contributed by atoms with Crippen molar-refractivity contribution < 1.29 is 4.92 Å². The average molecular weight is 327 g/mol. The number of hydrogen-bond acceptors (Lipinski definition) is 2. The Morgan fingerprint density at radius 3 is 2.56 bits per heavy atom. The zero-order valence-corrected chi connectivity index (χ0v) is 11.6. The van der Waals surface area contributed by atoms with E-state index >= 15 is 0 Å². The van der Waals surface area contributed by atoms with E-state index in [0.717, 1.165) is 5.56 Å². The highest BCUT2D eigenvalue weighted by Gasteiger charge is 2.15. The number of nitrogens with zero attached hydrogens (tertiary/aromatic N) is 1. The molecule has 0 aliphatic carbocycles. The molecule has 18 heavy (non-hydrogen) atoms. The Morgan fingerprint density at radius 2 is 1.89 bits per heavy atom. The Bertz CT molecular complexity index is 601. The molecular formula is C13H9BrClNO2. The van der Waals surface area contributed by atoms with Crippen LogP contribution in [0.15, 0.2) is 46.9 Å². The van der Waals surface area contributed by atoms with Crippen LogP contribution < -0.4 is 0 Å². The van der Waals surface area contributed by atoms with Gasteiger partial charge < -0.3 is 0 Å². The number of rotatable bonds is 3. The SMILES string of the molecule is O=[N+]([O-])c1cc(Br)ccc1Cc1ccccc1Cl. The standard InChI is InChI=1S/C13H9BrClNO2/c14-11-6-5-10(13(8-11)16(17)18)7-9-3-1-2-4-12(9)15/h1-6,8H,7H2. The number of benzene rings is 2. The summed E-state index contributed by atoms with van der Waals surface area (Å²) in [6, 6.07) is 12.4. The highest BCUT2D eigenvalue weighted by atomic mass is 79.9. The van der Waals surface area contributed by atoms with Gasteiger partial charge in [-0.25, -0.2) is 0 Å². The van der Waals surface area contributed by atoms with E-state index in [9.17, 15) is 10.1 Å². The molecule has 0 fully saturated rings. The van der Waals surface area contributed by atoms with Gasteiger partial charge in [-0.2, -0.15) is 0 Å². The van der Waals surface area contributed by atoms with Gasteiger partial charge in [0.1, 0.15) is 0 Å². The van der Waals surface area contributed by atoms with Crippen LogP contribution in [-0.2, 0) is 6.42 Å². The first-order valence-electron chi connectivity index (χ1n) is 5.24. The number of nitro groups is 1. The van der Waals surface area contributed by atoms with Crippen molar-refractivity contribution >= 4 is 33.2 Å². The fourth-order valence-electron chi connectivity index (χ4n) is 1.70. The molecule has 0 aromatic heterocycles. The first-order valence-corrected chi connectivity index (χ1v) is 6.41. The largest absolute Gasteiger partial charge is 0.274 e. The maximum Gasteiger partial charge on any atom is 0.274 e. The van der Waals surface area contributed by atoms with E-state index in [2.05, 4.69) is 15.9 Å². The van der Waals surface area contributed by atoms with Crippen molar-refractivity contribution in [2.75, 3.05) is 0 Å². The molecule has 0 amide bonds. The zero-order valence-electron chi connectivity index (χ0n) is 9.27. The van der Waals surface area contributed by atoms with Crippen LogP contribution in [0, 0.1) is 10.1 Å². The van der Waals surface area contributed by atoms with E-state index in [1.54, 1.807) is 18.2 Å². The van der Waals surface area contributed by atoms with Crippen molar-refractivity contribution in [3.63, 3.8) is 0 Å². The van der Waals surface area contributed by atoms with E-state index in [0.29, 0.717) is 21.5 Å². The lowest BCUT2D eigenvalue weighted by Crippen LogP contribution is -1.97. The van der Waals surface area contributed by atoms with Crippen LogP contribution in [0.3, 0.4) is 0 Å². The number of hydrogen-bond donors (Lipinski definition) is 0. The molecule has 0 heterocycles. The number of halogens is 2. The molecule has 0 radical (unpaired) electrons. The quantitative estimate of drug-likeness (QED) is 0.611. The molecule has 2 aromatic carbocycles. The third-order valence-electron chi connectivity index (χ3n) is 2.58. The predicted molar refractivity (Wildman–Crippen MR) is 75.1 cm³/mol. The third kappa shape index (κ3) is 2.89. The van der Waals surface area contributed by atoms with E-state index < -0.39 is 0 Å². The summed E-state index contributed by atoms with van der Waals surface area (Å²) in [7, 11) is 0. The van der Waals surface area contributed by atoms with Crippen molar-refractivity contribution in [1.82, 2.24) is 0 Å². The van der Waals surface area contributed by atoms with Gasteiger partial charge in [0.25, 0.3) is 5.69 Å². The summed E-state index contributed by atoms with van der Waals surface area (Å²) in [5, 5.41) is 11.6. The van der Waals surface area contributed by atoms with Crippen molar-refractivity contribution in [1.29, 1.82) is 0 Å². The third-order valence-corrected chi connectivity index (χ3v) is 3.44. The summed E-state index contributed by atoms with van der Waals surface area (Å²) in [4.78, 5) is 10.6. The molecule has 0 aliphatic heterocycles. The highest BCUT2D eigenvalue weighted by molar-refractivity contribution is 9.10. The Labute approximate surface area is 118 Å². The fraction of sp³-hybridized carbons (Fsp3) is 0.0769. The molecule has 0 saturated heterocycles.